The third kappa shape index (κ3) is 7.50. The van der Waals surface area contributed by atoms with Crippen LogP contribution in [0.1, 0.15) is 104 Å². The topological polar surface area (TPSA) is 18.5 Å². The molecular weight excluding hydrogens is 418 g/mol. The van der Waals surface area contributed by atoms with Crippen LogP contribution < -0.4 is 0 Å². The van der Waals surface area contributed by atoms with Crippen LogP contribution in [0.4, 0.5) is 8.78 Å². The molecule has 3 saturated carbocycles. The van der Waals surface area contributed by atoms with E-state index in [1.165, 1.54) is 64.2 Å². The van der Waals surface area contributed by atoms with Crippen molar-refractivity contribution in [3.63, 3.8) is 0 Å². The highest BCUT2D eigenvalue weighted by Gasteiger charge is 2.36. The summed E-state index contributed by atoms with van der Waals surface area (Å²) in [4.78, 5) is 0. The fraction of sp³-hybridized carbons (Fsp3) is 0.931. The highest BCUT2D eigenvalue weighted by atomic mass is 19.3. The van der Waals surface area contributed by atoms with Crippen molar-refractivity contribution in [2.75, 3.05) is 13.2 Å². The minimum Gasteiger partial charge on any atom is -0.352 e. The normalized spacial score (nSPS) is 41.3. The average molecular weight is 467 g/mol. The quantitative estimate of drug-likeness (QED) is 0.374. The van der Waals surface area contributed by atoms with Crippen molar-refractivity contribution in [3.8, 4) is 0 Å². The van der Waals surface area contributed by atoms with Gasteiger partial charge in [-0.3, -0.25) is 0 Å². The zero-order chi connectivity index (χ0) is 23.2. The van der Waals surface area contributed by atoms with Gasteiger partial charge in [0.25, 0.3) is 6.08 Å². The van der Waals surface area contributed by atoms with Gasteiger partial charge >= 0.3 is 0 Å². The van der Waals surface area contributed by atoms with E-state index in [2.05, 4.69) is 13.8 Å². The molecule has 4 heteroatoms. The molecule has 4 rings (SSSR count). The number of hydrogen-bond donors (Lipinski definition) is 0. The first-order chi connectivity index (χ1) is 16.0. The van der Waals surface area contributed by atoms with Gasteiger partial charge < -0.3 is 9.47 Å². The minimum atomic E-state index is -1.50. The van der Waals surface area contributed by atoms with Crippen LogP contribution >= 0.6 is 0 Å². The molecule has 0 aromatic rings. The summed E-state index contributed by atoms with van der Waals surface area (Å²) < 4.78 is 36.5. The maximum absolute atomic E-state index is 12.4. The standard InChI is InChI=1S/C29H48F2O2/c1-20-18-32-29(33-19-20)17-21(2)23-8-10-25(11-9-23)27-14-12-26(13-15-27)24-6-3-22(4-7-24)5-16-28(30)31/h16,20-27,29H,3-15,17-19H2,1-2H3. The van der Waals surface area contributed by atoms with E-state index in [0.29, 0.717) is 24.2 Å². The maximum Gasteiger partial charge on any atom is 0.266 e. The van der Waals surface area contributed by atoms with Gasteiger partial charge in [-0.2, -0.15) is 8.78 Å². The fourth-order valence-electron chi connectivity index (χ4n) is 7.70. The SMILES string of the molecule is CC1COC(CC(C)C2CCC(C3CCC(C4CCC(CC=C(F)F)CC4)CC3)CC2)OC1. The second-order valence-corrected chi connectivity index (χ2v) is 12.3. The Morgan fingerprint density at radius 1 is 0.758 bits per heavy atom. The first kappa shape index (κ1) is 25.6. The third-order valence-corrected chi connectivity index (χ3v) is 9.97. The molecular formula is C29H48F2O2. The average Bonchev–Trinajstić information content (AvgIpc) is 2.85. The van der Waals surface area contributed by atoms with Gasteiger partial charge in [0.15, 0.2) is 6.29 Å². The molecule has 1 saturated heterocycles. The molecule has 0 aromatic heterocycles. The molecule has 0 aromatic carbocycles. The maximum atomic E-state index is 12.4. The molecule has 1 atom stereocenters. The van der Waals surface area contributed by atoms with Gasteiger partial charge in [-0.15, -0.1) is 0 Å². The summed E-state index contributed by atoms with van der Waals surface area (Å²) in [5.74, 6) is 6.26. The van der Waals surface area contributed by atoms with E-state index in [9.17, 15) is 8.78 Å². The van der Waals surface area contributed by atoms with Crippen LogP contribution in [-0.4, -0.2) is 19.5 Å². The van der Waals surface area contributed by atoms with E-state index in [0.717, 1.165) is 68.1 Å². The zero-order valence-electron chi connectivity index (χ0n) is 21.2. The van der Waals surface area contributed by atoms with E-state index in [1.807, 2.05) is 0 Å². The van der Waals surface area contributed by atoms with Crippen molar-refractivity contribution < 1.29 is 18.3 Å². The number of hydrogen-bond acceptors (Lipinski definition) is 2. The lowest BCUT2D eigenvalue weighted by atomic mass is 9.64. The summed E-state index contributed by atoms with van der Waals surface area (Å²) in [5, 5.41) is 0. The summed E-state index contributed by atoms with van der Waals surface area (Å²) in [6.45, 7) is 6.31. The number of ether oxygens (including phenoxy) is 2. The first-order valence-corrected chi connectivity index (χ1v) is 14.2. The van der Waals surface area contributed by atoms with Crippen LogP contribution in [0.25, 0.3) is 0 Å². The monoisotopic (exact) mass is 466 g/mol. The lowest BCUT2D eigenvalue weighted by Gasteiger charge is -2.42. The van der Waals surface area contributed by atoms with Crippen molar-refractivity contribution in [1.82, 2.24) is 0 Å². The summed E-state index contributed by atoms with van der Waals surface area (Å²) in [5.41, 5.74) is 0. The molecule has 4 aliphatic rings. The Hall–Kier alpha value is -0.480. The van der Waals surface area contributed by atoms with Crippen molar-refractivity contribution in [2.24, 2.45) is 47.3 Å². The lowest BCUT2D eigenvalue weighted by Crippen LogP contribution is -2.34. The zero-order valence-corrected chi connectivity index (χ0v) is 21.2. The predicted octanol–water partition coefficient (Wildman–Crippen LogP) is 8.61. The molecule has 2 nitrogen and oxygen atoms in total. The van der Waals surface area contributed by atoms with Gasteiger partial charge in [-0.25, -0.2) is 0 Å². The summed E-state index contributed by atoms with van der Waals surface area (Å²) in [6, 6.07) is 0. The van der Waals surface area contributed by atoms with E-state index < -0.39 is 6.08 Å². The fourth-order valence-corrected chi connectivity index (χ4v) is 7.70. The van der Waals surface area contributed by atoms with Crippen LogP contribution in [0.3, 0.4) is 0 Å². The number of halogens is 2. The molecule has 1 unspecified atom stereocenters. The van der Waals surface area contributed by atoms with Crippen molar-refractivity contribution in [1.29, 1.82) is 0 Å². The van der Waals surface area contributed by atoms with E-state index in [-0.39, 0.29) is 6.29 Å². The van der Waals surface area contributed by atoms with Crippen LogP contribution in [0.5, 0.6) is 0 Å². The van der Waals surface area contributed by atoms with E-state index in [4.69, 9.17) is 9.47 Å². The second-order valence-electron chi connectivity index (χ2n) is 12.3. The summed E-state index contributed by atoms with van der Waals surface area (Å²) >= 11 is 0. The molecule has 190 valence electrons. The van der Waals surface area contributed by atoms with Crippen LogP contribution in [0.15, 0.2) is 12.2 Å². The highest BCUT2D eigenvalue weighted by molar-refractivity contribution is 4.89. The van der Waals surface area contributed by atoms with E-state index >= 15 is 0 Å². The molecule has 4 fully saturated rings. The lowest BCUT2D eigenvalue weighted by molar-refractivity contribution is -0.206. The molecule has 1 aliphatic heterocycles. The predicted molar refractivity (Wildman–Crippen MR) is 130 cm³/mol. The Bertz CT molecular complexity index is 587. The molecule has 0 bridgehead atoms. The van der Waals surface area contributed by atoms with Gasteiger partial charge in [-0.1, -0.05) is 13.8 Å². The molecule has 33 heavy (non-hydrogen) atoms. The Morgan fingerprint density at radius 2 is 1.21 bits per heavy atom. The molecule has 0 spiro atoms. The van der Waals surface area contributed by atoms with Crippen LogP contribution in [0, 0.1) is 47.3 Å². The van der Waals surface area contributed by atoms with Crippen molar-refractivity contribution >= 4 is 0 Å². The molecule has 0 radical (unpaired) electrons. The van der Waals surface area contributed by atoms with Gasteiger partial charge in [0.1, 0.15) is 0 Å². The van der Waals surface area contributed by atoms with Crippen LogP contribution in [-0.2, 0) is 9.47 Å². The number of rotatable bonds is 7. The Balaban J connectivity index is 1.12. The summed E-state index contributed by atoms with van der Waals surface area (Å²) in [6.07, 6.45) is 17.6. The minimum absolute atomic E-state index is 0.0283. The Morgan fingerprint density at radius 3 is 1.70 bits per heavy atom. The molecule has 3 aliphatic carbocycles. The largest absolute Gasteiger partial charge is 0.352 e. The van der Waals surface area contributed by atoms with Gasteiger partial charge in [0, 0.05) is 12.3 Å². The summed E-state index contributed by atoms with van der Waals surface area (Å²) in [7, 11) is 0. The van der Waals surface area contributed by atoms with Crippen molar-refractivity contribution in [2.45, 2.75) is 110 Å². The Labute approximate surface area is 201 Å². The first-order valence-electron chi connectivity index (χ1n) is 14.2. The van der Waals surface area contributed by atoms with Gasteiger partial charge in [0.05, 0.1) is 13.2 Å². The second kappa shape index (κ2) is 12.5. The number of allylic oxidation sites excluding steroid dienone is 1. The Kier molecular flexibility index (Phi) is 9.68. The van der Waals surface area contributed by atoms with Crippen molar-refractivity contribution in [3.05, 3.63) is 12.2 Å². The van der Waals surface area contributed by atoms with Gasteiger partial charge in [-0.05, 0) is 131 Å². The smallest absolute Gasteiger partial charge is 0.266 e. The molecule has 0 N–H and O–H groups in total. The van der Waals surface area contributed by atoms with Crippen LogP contribution in [0.2, 0.25) is 0 Å². The third-order valence-electron chi connectivity index (χ3n) is 9.97. The molecule has 1 heterocycles. The highest BCUT2D eigenvalue weighted by Crippen LogP contribution is 2.47. The van der Waals surface area contributed by atoms with Gasteiger partial charge in [0.2, 0.25) is 0 Å². The molecule has 0 amide bonds. The van der Waals surface area contributed by atoms with E-state index in [1.54, 1.807) is 0 Å².